The zero-order chi connectivity index (χ0) is 65.5. The number of likely N-dealkylation sites (N-methyl/N-ethyl adjacent to an activating group) is 1. The molecule has 0 aromatic carbocycles. The van der Waals surface area contributed by atoms with E-state index in [1.165, 1.54) is 154 Å². The molecule has 0 fully saturated rings. The Kier molecular flexibility index (Phi) is 66.5. The summed E-state index contributed by atoms with van der Waals surface area (Å²) in [6.07, 6.45) is 108. The van der Waals surface area contributed by atoms with E-state index in [1.54, 1.807) is 6.08 Å². The molecule has 0 bridgehead atoms. The van der Waals surface area contributed by atoms with Crippen molar-refractivity contribution < 1.29 is 32.9 Å². The van der Waals surface area contributed by atoms with E-state index >= 15 is 0 Å². The normalized spacial score (nSPS) is 14.5. The van der Waals surface area contributed by atoms with Gasteiger partial charge in [0.1, 0.15) is 13.2 Å². The van der Waals surface area contributed by atoms with Gasteiger partial charge in [0.05, 0.1) is 39.9 Å². The highest BCUT2D eigenvalue weighted by Crippen LogP contribution is 2.38. The Bertz CT molecular complexity index is 2030. The maximum absolute atomic E-state index is 13.0. The summed E-state index contributed by atoms with van der Waals surface area (Å²) in [5.74, 6) is -0.222. The predicted molar refractivity (Wildman–Crippen MR) is 394 cm³/mol. The molecule has 3 atom stereocenters. The zero-order valence-corrected chi connectivity index (χ0v) is 59.7. The first-order chi connectivity index (χ1) is 44.0. The van der Waals surface area contributed by atoms with Gasteiger partial charge in [0.2, 0.25) is 5.91 Å². The van der Waals surface area contributed by atoms with Gasteiger partial charge in [0.15, 0.2) is 0 Å². The van der Waals surface area contributed by atoms with Gasteiger partial charge in [0.25, 0.3) is 7.82 Å². The molecule has 8 nitrogen and oxygen atoms in total. The standard InChI is InChI=1S/C81H139N2O6P/c1-6-8-10-12-14-16-18-20-22-24-26-28-30-32-34-35-36-37-38-39-40-41-42-43-44-45-46-47-49-51-53-55-57-59-61-63-65-67-69-71-73-75-81(85)82-79(78-89-90(86,87)88-77-76-83(3,4)5)80(84)74-72-70-68-66-64-62-60-58-56-54-52-50-48-33-31-29-27-25-23-21-19-17-15-13-11-9-7-2/h8,10,14,16,20,22,26,28,32,34,36-37,39-40,42-43,45-46,49,51,55,57,64,66,72,74,79-80,84H,6-7,9,11-13,15,17-19,21,23-25,27,29-31,33,35,38,41,44,47-48,50,52-54,56,58-63,65,67-71,73,75-78H2,1-5H3,(H-,82,85,86,87)/b10-8-,16-14-,22-20-,28-26-,34-32-,37-36-,40-39-,43-42-,46-45-,51-49-,57-55-,66-64+,74-72+. The van der Waals surface area contributed by atoms with Crippen LogP contribution in [0.15, 0.2) is 158 Å². The van der Waals surface area contributed by atoms with E-state index in [-0.39, 0.29) is 12.5 Å². The second-order valence-electron chi connectivity index (χ2n) is 25.6. The van der Waals surface area contributed by atoms with Gasteiger partial charge in [-0.05, 0) is 116 Å². The number of quaternary nitrogens is 1. The fourth-order valence-corrected chi connectivity index (χ4v) is 10.8. The first-order valence-electron chi connectivity index (χ1n) is 36.8. The predicted octanol–water partition coefficient (Wildman–Crippen LogP) is 23.5. The molecule has 0 aromatic heterocycles. The molecule has 2 N–H and O–H groups in total. The number of unbranched alkanes of at least 4 members (excludes halogenated alkanes) is 29. The summed E-state index contributed by atoms with van der Waals surface area (Å²) < 4.78 is 23.4. The third-order valence-electron chi connectivity index (χ3n) is 15.7. The van der Waals surface area contributed by atoms with Crippen molar-refractivity contribution in [2.24, 2.45) is 0 Å². The van der Waals surface area contributed by atoms with E-state index in [2.05, 4.69) is 165 Å². The lowest BCUT2D eigenvalue weighted by molar-refractivity contribution is -0.870. The van der Waals surface area contributed by atoms with Crippen LogP contribution in [0.25, 0.3) is 0 Å². The maximum Gasteiger partial charge on any atom is 0.268 e. The van der Waals surface area contributed by atoms with Crippen molar-refractivity contribution in [3.63, 3.8) is 0 Å². The van der Waals surface area contributed by atoms with Crippen LogP contribution in [0.4, 0.5) is 0 Å². The van der Waals surface area contributed by atoms with Crippen LogP contribution in [-0.4, -0.2) is 68.5 Å². The molecule has 0 aromatic rings. The quantitative estimate of drug-likeness (QED) is 0.0272. The summed E-state index contributed by atoms with van der Waals surface area (Å²) in [6.45, 7) is 4.52. The summed E-state index contributed by atoms with van der Waals surface area (Å²) in [5, 5.41) is 13.9. The van der Waals surface area contributed by atoms with Crippen molar-refractivity contribution in [1.29, 1.82) is 0 Å². The average molecular weight is 1270 g/mol. The highest BCUT2D eigenvalue weighted by molar-refractivity contribution is 7.45. The average Bonchev–Trinajstić information content (AvgIpc) is 3.09. The number of phosphoric acid groups is 1. The van der Waals surface area contributed by atoms with Crippen molar-refractivity contribution in [2.75, 3.05) is 40.9 Å². The Morgan fingerprint density at radius 1 is 0.400 bits per heavy atom. The monoisotopic (exact) mass is 1270 g/mol. The van der Waals surface area contributed by atoms with Crippen molar-refractivity contribution in [2.45, 2.75) is 309 Å². The van der Waals surface area contributed by atoms with Crippen LogP contribution >= 0.6 is 7.82 Å². The fraction of sp³-hybridized carbons (Fsp3) is 0.667. The number of rotatable bonds is 66. The SMILES string of the molecule is CC/C=C\C/C=C\C/C=C\C/C=C\C/C=C\C/C=C\C/C=C\C/C=C\C/C=C\C/C=C\C/C=C\CCCCCCCCCC(=O)NC(COP(=O)([O-])OCC[N+](C)(C)C)C(O)/C=C/CC/C=C/CCCCCCCCCCCCCCCCCCCCCCC. The number of phosphoric ester groups is 1. The number of allylic oxidation sites excluding steroid dienone is 25. The van der Waals surface area contributed by atoms with E-state index in [0.717, 1.165) is 122 Å². The molecule has 0 aliphatic carbocycles. The fourth-order valence-electron chi connectivity index (χ4n) is 10.1. The second kappa shape index (κ2) is 69.5. The van der Waals surface area contributed by atoms with Gasteiger partial charge in [0, 0.05) is 6.42 Å². The molecular weight excluding hydrogens is 1130 g/mol. The van der Waals surface area contributed by atoms with Gasteiger partial charge in [-0.25, -0.2) is 0 Å². The van der Waals surface area contributed by atoms with Crippen LogP contribution in [0.3, 0.4) is 0 Å². The molecule has 0 rings (SSSR count). The Morgan fingerprint density at radius 2 is 0.689 bits per heavy atom. The number of carbonyl (C=O) groups excluding carboxylic acids is 1. The van der Waals surface area contributed by atoms with Crippen molar-refractivity contribution in [3.05, 3.63) is 158 Å². The van der Waals surface area contributed by atoms with E-state index in [9.17, 15) is 19.4 Å². The number of hydrogen-bond acceptors (Lipinski definition) is 6. The highest BCUT2D eigenvalue weighted by atomic mass is 31.2. The lowest BCUT2D eigenvalue weighted by atomic mass is 10.0. The largest absolute Gasteiger partial charge is 0.756 e. The van der Waals surface area contributed by atoms with Crippen LogP contribution in [0.1, 0.15) is 296 Å². The molecule has 9 heteroatoms. The molecule has 0 spiro atoms. The summed E-state index contributed by atoms with van der Waals surface area (Å²) in [5.41, 5.74) is 0. The minimum atomic E-state index is -4.63. The summed E-state index contributed by atoms with van der Waals surface area (Å²) in [7, 11) is 1.22. The van der Waals surface area contributed by atoms with Gasteiger partial charge >= 0.3 is 0 Å². The number of nitrogens with zero attached hydrogens (tertiary/aromatic N) is 1. The summed E-state index contributed by atoms with van der Waals surface area (Å²) in [6, 6.07) is -0.923. The molecule has 3 unspecified atom stereocenters. The van der Waals surface area contributed by atoms with Crippen LogP contribution < -0.4 is 10.2 Å². The van der Waals surface area contributed by atoms with Crippen molar-refractivity contribution in [1.82, 2.24) is 5.32 Å². The van der Waals surface area contributed by atoms with E-state index in [0.29, 0.717) is 17.4 Å². The van der Waals surface area contributed by atoms with Crippen LogP contribution in [0.5, 0.6) is 0 Å². The number of aliphatic hydroxyl groups is 1. The van der Waals surface area contributed by atoms with Crippen LogP contribution in [0.2, 0.25) is 0 Å². The highest BCUT2D eigenvalue weighted by Gasteiger charge is 2.23. The van der Waals surface area contributed by atoms with E-state index < -0.39 is 26.6 Å². The zero-order valence-electron chi connectivity index (χ0n) is 58.8. The third-order valence-corrected chi connectivity index (χ3v) is 16.7. The van der Waals surface area contributed by atoms with Crippen molar-refractivity contribution >= 4 is 13.7 Å². The maximum atomic E-state index is 13.0. The van der Waals surface area contributed by atoms with Gasteiger partial charge < -0.3 is 28.8 Å². The smallest absolute Gasteiger partial charge is 0.268 e. The molecule has 0 saturated heterocycles. The molecular formula is C81H139N2O6P. The number of hydrogen-bond donors (Lipinski definition) is 2. The third kappa shape index (κ3) is 71.6. The van der Waals surface area contributed by atoms with Gasteiger partial charge in [-0.1, -0.05) is 332 Å². The molecule has 1 amide bonds. The van der Waals surface area contributed by atoms with Gasteiger partial charge in [-0.2, -0.15) is 0 Å². The summed E-state index contributed by atoms with van der Waals surface area (Å²) in [4.78, 5) is 25.6. The minimum Gasteiger partial charge on any atom is -0.756 e. The molecule has 90 heavy (non-hydrogen) atoms. The van der Waals surface area contributed by atoms with Crippen LogP contribution in [-0.2, 0) is 18.4 Å². The van der Waals surface area contributed by atoms with E-state index in [1.807, 2.05) is 27.2 Å². The van der Waals surface area contributed by atoms with Crippen molar-refractivity contribution in [3.8, 4) is 0 Å². The Balaban J connectivity index is 4.18. The molecule has 514 valence electrons. The Hall–Kier alpha value is -3.88. The Labute approximate surface area is 556 Å². The minimum absolute atomic E-state index is 0.0162. The number of amides is 1. The molecule has 0 aliphatic heterocycles. The number of aliphatic hydroxyl groups excluding tert-OH is 1. The lowest BCUT2D eigenvalue weighted by Crippen LogP contribution is -2.45. The van der Waals surface area contributed by atoms with Gasteiger partial charge in [-0.15, -0.1) is 0 Å². The molecule has 0 radical (unpaired) electrons. The number of nitrogens with one attached hydrogen (secondary N) is 1. The molecule has 0 saturated carbocycles. The van der Waals surface area contributed by atoms with Gasteiger partial charge in [-0.3, -0.25) is 9.36 Å². The molecule has 0 aliphatic rings. The topological polar surface area (TPSA) is 108 Å². The lowest BCUT2D eigenvalue weighted by Gasteiger charge is -2.29. The number of carbonyl (C=O) groups is 1. The first kappa shape index (κ1) is 86.1. The molecule has 0 heterocycles. The van der Waals surface area contributed by atoms with Crippen LogP contribution in [0, 0.1) is 0 Å². The first-order valence-corrected chi connectivity index (χ1v) is 38.3. The Morgan fingerprint density at radius 3 is 1.03 bits per heavy atom. The second-order valence-corrected chi connectivity index (χ2v) is 27.0. The van der Waals surface area contributed by atoms with E-state index in [4.69, 9.17) is 9.05 Å². The summed E-state index contributed by atoms with van der Waals surface area (Å²) >= 11 is 0.